The lowest BCUT2D eigenvalue weighted by molar-refractivity contribution is -0.386. The lowest BCUT2D eigenvalue weighted by Gasteiger charge is -2.03. The maximum Gasteiger partial charge on any atom is 0.333 e. The predicted octanol–water partition coefficient (Wildman–Crippen LogP) is 0.511. The van der Waals surface area contributed by atoms with Crippen LogP contribution in [0.1, 0.15) is 0 Å². The molecule has 0 saturated carbocycles. The first-order valence-electron chi connectivity index (χ1n) is 3.71. The molecule has 1 rings (SSSR count). The lowest BCUT2D eigenvalue weighted by atomic mass is 10.4. The van der Waals surface area contributed by atoms with Crippen LogP contribution in [0.5, 0.6) is 0 Å². The second-order valence-corrected chi connectivity index (χ2v) is 3.39. The molecule has 0 saturated heterocycles. The van der Waals surface area contributed by atoms with Crippen molar-refractivity contribution in [2.24, 2.45) is 0 Å². The van der Waals surface area contributed by atoms with Gasteiger partial charge in [-0.3, -0.25) is 14.9 Å². The molecule has 0 aromatic carbocycles. The van der Waals surface area contributed by atoms with Gasteiger partial charge in [0.1, 0.15) is 0 Å². The summed E-state index contributed by atoms with van der Waals surface area (Å²) >= 11 is 2.92. The van der Waals surface area contributed by atoms with Gasteiger partial charge in [0, 0.05) is 12.7 Å². The lowest BCUT2D eigenvalue weighted by Crippen LogP contribution is -2.14. The van der Waals surface area contributed by atoms with Crippen molar-refractivity contribution in [1.29, 1.82) is 0 Å². The van der Waals surface area contributed by atoms with Gasteiger partial charge in [0.05, 0.1) is 22.2 Å². The molecule has 0 spiro atoms. The molecule has 0 amide bonds. The molecule has 0 bridgehead atoms. The van der Waals surface area contributed by atoms with Crippen LogP contribution in [0.15, 0.2) is 21.7 Å². The molecule has 1 aromatic rings. The molecule has 0 aliphatic carbocycles. The first-order valence-corrected chi connectivity index (χ1v) is 4.50. The summed E-state index contributed by atoms with van der Waals surface area (Å²) in [6, 6.07) is 0. The van der Waals surface area contributed by atoms with Gasteiger partial charge in [0.25, 0.3) is 5.43 Å². The van der Waals surface area contributed by atoms with Gasteiger partial charge >= 0.3 is 5.69 Å². The Hall–Kier alpha value is -1.21. The van der Waals surface area contributed by atoms with Crippen molar-refractivity contribution in [3.63, 3.8) is 0 Å². The van der Waals surface area contributed by atoms with Gasteiger partial charge in [-0.1, -0.05) is 0 Å². The number of nitrogens with zero attached hydrogens (tertiary/aromatic N) is 2. The van der Waals surface area contributed by atoms with E-state index < -0.39 is 16.0 Å². The quantitative estimate of drug-likeness (QED) is 0.636. The molecule has 0 fully saturated rings. The van der Waals surface area contributed by atoms with Crippen LogP contribution >= 0.6 is 15.9 Å². The minimum absolute atomic E-state index is 0.111. The van der Waals surface area contributed by atoms with Crippen molar-refractivity contribution in [2.45, 2.75) is 6.54 Å². The third kappa shape index (κ3) is 2.18. The highest BCUT2D eigenvalue weighted by Gasteiger charge is 2.15. The number of hydrogen-bond donors (Lipinski definition) is 1. The average Bonchev–Trinajstić information content (AvgIpc) is 2.11. The minimum atomic E-state index is -0.749. The standard InChI is InChI=1S/C7H7BrN2O4/c8-5-3-9(1-2-11)4-6(7(5)12)10(13)14/h3-4,11H,1-2H2. The number of pyridine rings is 1. The number of aliphatic hydroxyl groups excluding tert-OH is 1. The van der Waals surface area contributed by atoms with Gasteiger partial charge in [-0.15, -0.1) is 0 Å². The topological polar surface area (TPSA) is 85.4 Å². The first kappa shape index (κ1) is 10.9. The molecular formula is C7H7BrN2O4. The molecule has 6 nitrogen and oxygen atoms in total. The van der Waals surface area contributed by atoms with Crippen LogP contribution in [-0.2, 0) is 6.54 Å². The van der Waals surface area contributed by atoms with Gasteiger partial charge in [0.2, 0.25) is 0 Å². The molecule has 0 radical (unpaired) electrons. The van der Waals surface area contributed by atoms with E-state index in [2.05, 4.69) is 15.9 Å². The van der Waals surface area contributed by atoms with Gasteiger partial charge in [0.15, 0.2) is 0 Å². The summed E-state index contributed by atoms with van der Waals surface area (Å²) in [5.41, 5.74) is -1.17. The van der Waals surface area contributed by atoms with E-state index in [0.29, 0.717) is 0 Å². The number of aliphatic hydroxyl groups is 1. The molecule has 0 aliphatic heterocycles. The Morgan fingerprint density at radius 1 is 1.57 bits per heavy atom. The van der Waals surface area contributed by atoms with E-state index in [9.17, 15) is 14.9 Å². The van der Waals surface area contributed by atoms with Gasteiger partial charge in [-0.25, -0.2) is 0 Å². The summed E-state index contributed by atoms with van der Waals surface area (Å²) in [6.07, 6.45) is 2.49. The smallest absolute Gasteiger partial charge is 0.333 e. The summed E-state index contributed by atoms with van der Waals surface area (Å²) < 4.78 is 1.49. The molecule has 1 aromatic heterocycles. The Kier molecular flexibility index (Phi) is 3.37. The molecule has 0 atom stereocenters. The normalized spacial score (nSPS) is 10.1. The fraction of sp³-hybridized carbons (Fsp3) is 0.286. The van der Waals surface area contributed by atoms with Crippen LogP contribution in [0.3, 0.4) is 0 Å². The molecule has 0 unspecified atom stereocenters. The van der Waals surface area contributed by atoms with E-state index in [1.54, 1.807) is 0 Å². The monoisotopic (exact) mass is 262 g/mol. The molecule has 7 heteroatoms. The first-order chi connectivity index (χ1) is 6.56. The molecular weight excluding hydrogens is 256 g/mol. The molecule has 0 aliphatic rings. The van der Waals surface area contributed by atoms with E-state index in [1.807, 2.05) is 0 Å². The predicted molar refractivity (Wildman–Crippen MR) is 52.1 cm³/mol. The zero-order valence-corrected chi connectivity index (χ0v) is 8.60. The summed E-state index contributed by atoms with van der Waals surface area (Å²) in [5.74, 6) is 0. The maximum absolute atomic E-state index is 11.2. The van der Waals surface area contributed by atoms with Gasteiger partial charge in [-0.05, 0) is 15.9 Å². The Bertz CT molecular complexity index is 415. The minimum Gasteiger partial charge on any atom is -0.395 e. The van der Waals surface area contributed by atoms with Crippen LogP contribution in [-0.4, -0.2) is 21.2 Å². The highest BCUT2D eigenvalue weighted by molar-refractivity contribution is 9.10. The van der Waals surface area contributed by atoms with Gasteiger partial charge < -0.3 is 9.67 Å². The number of halogens is 1. The van der Waals surface area contributed by atoms with Crippen molar-refractivity contribution >= 4 is 21.6 Å². The van der Waals surface area contributed by atoms with E-state index in [4.69, 9.17) is 5.11 Å². The number of aromatic nitrogens is 1. The fourth-order valence-corrected chi connectivity index (χ4v) is 1.42. The summed E-state index contributed by atoms with van der Waals surface area (Å²) in [7, 11) is 0. The molecule has 1 heterocycles. The van der Waals surface area contributed by atoms with Crippen molar-refractivity contribution in [3.8, 4) is 0 Å². The summed E-state index contributed by atoms with van der Waals surface area (Å²) in [6.45, 7) is 0.0617. The molecule has 14 heavy (non-hydrogen) atoms. The Morgan fingerprint density at radius 2 is 2.21 bits per heavy atom. The molecule has 76 valence electrons. The highest BCUT2D eigenvalue weighted by Crippen LogP contribution is 2.10. The van der Waals surface area contributed by atoms with E-state index in [1.165, 1.54) is 10.8 Å². The van der Waals surface area contributed by atoms with Crippen molar-refractivity contribution < 1.29 is 10.0 Å². The van der Waals surface area contributed by atoms with E-state index in [-0.39, 0.29) is 17.6 Å². The van der Waals surface area contributed by atoms with Gasteiger partial charge in [-0.2, -0.15) is 0 Å². The highest BCUT2D eigenvalue weighted by atomic mass is 79.9. The number of nitro groups is 1. The molecule has 1 N–H and O–H groups in total. The van der Waals surface area contributed by atoms with Crippen LogP contribution in [0.2, 0.25) is 0 Å². The summed E-state index contributed by atoms with van der Waals surface area (Å²) in [5, 5.41) is 19.1. The number of rotatable bonds is 3. The largest absolute Gasteiger partial charge is 0.395 e. The van der Waals surface area contributed by atoms with Crippen molar-refractivity contribution in [3.05, 3.63) is 37.2 Å². The second-order valence-electron chi connectivity index (χ2n) is 2.54. The number of hydrogen-bond acceptors (Lipinski definition) is 4. The van der Waals surface area contributed by atoms with E-state index >= 15 is 0 Å². The van der Waals surface area contributed by atoms with Crippen LogP contribution in [0, 0.1) is 10.1 Å². The van der Waals surface area contributed by atoms with Crippen molar-refractivity contribution in [1.82, 2.24) is 4.57 Å². The fourth-order valence-electron chi connectivity index (χ4n) is 0.954. The third-order valence-electron chi connectivity index (χ3n) is 1.57. The van der Waals surface area contributed by atoms with Crippen LogP contribution < -0.4 is 5.43 Å². The third-order valence-corrected chi connectivity index (χ3v) is 2.14. The zero-order chi connectivity index (χ0) is 10.7. The Morgan fingerprint density at radius 3 is 2.71 bits per heavy atom. The SMILES string of the molecule is O=c1c(Br)cn(CCO)cc1[N+](=O)[O-]. The Balaban J connectivity index is 3.28. The summed E-state index contributed by atoms with van der Waals surface area (Å²) in [4.78, 5) is 20.9. The second kappa shape index (κ2) is 4.34. The van der Waals surface area contributed by atoms with Crippen LogP contribution in [0.4, 0.5) is 5.69 Å². The van der Waals surface area contributed by atoms with Crippen molar-refractivity contribution in [2.75, 3.05) is 6.61 Å². The zero-order valence-electron chi connectivity index (χ0n) is 7.01. The Labute approximate surface area is 87.1 Å². The average molecular weight is 263 g/mol. The van der Waals surface area contributed by atoms with Crippen LogP contribution in [0.25, 0.3) is 0 Å². The maximum atomic E-state index is 11.2. The van der Waals surface area contributed by atoms with E-state index in [0.717, 1.165) is 6.20 Å².